The Morgan fingerprint density at radius 1 is 1.04 bits per heavy atom. The quantitative estimate of drug-likeness (QED) is 0.428. The zero-order valence-corrected chi connectivity index (χ0v) is 16.2. The normalized spacial score (nSPS) is 12.6. The van der Waals surface area contributed by atoms with Gasteiger partial charge in [-0.2, -0.15) is 0 Å². The van der Waals surface area contributed by atoms with Crippen molar-refractivity contribution < 1.29 is 9.59 Å². The summed E-state index contributed by atoms with van der Waals surface area (Å²) in [6.07, 6.45) is 6.80. The number of aldehydes is 2. The van der Waals surface area contributed by atoms with Crippen LogP contribution < -0.4 is 0 Å². The van der Waals surface area contributed by atoms with Gasteiger partial charge in [0.05, 0.1) is 0 Å². The van der Waals surface area contributed by atoms with Crippen molar-refractivity contribution in [1.82, 2.24) is 0 Å². The van der Waals surface area contributed by atoms with Crippen molar-refractivity contribution in [2.75, 3.05) is 0 Å². The fraction of sp³-hybridized carbons (Fsp3) is 0.545. The highest BCUT2D eigenvalue weighted by Gasteiger charge is 2.06. The molecule has 0 aliphatic carbocycles. The molecule has 1 aromatic carbocycles. The highest BCUT2D eigenvalue weighted by atomic mass is 16.1. The molecule has 1 rings (SSSR count). The molecule has 0 saturated carbocycles. The molecule has 0 bridgehead atoms. The van der Waals surface area contributed by atoms with E-state index in [1.165, 1.54) is 16.7 Å². The van der Waals surface area contributed by atoms with Crippen LogP contribution in [0.1, 0.15) is 83.8 Å². The number of carbonyl (C=O) groups is 2. The van der Waals surface area contributed by atoms with E-state index < -0.39 is 0 Å². The van der Waals surface area contributed by atoms with E-state index in [-0.39, 0.29) is 5.92 Å². The molecular weight excluding hydrogens is 296 g/mol. The Morgan fingerprint density at radius 3 is 2.17 bits per heavy atom. The Hall–Kier alpha value is -1.70. The average Bonchev–Trinajstić information content (AvgIpc) is 2.55. The first kappa shape index (κ1) is 22.3. The molecular formula is C22H34O2. The Labute approximate surface area is 148 Å². The van der Waals surface area contributed by atoms with Gasteiger partial charge < -0.3 is 9.59 Å². The summed E-state index contributed by atoms with van der Waals surface area (Å²) >= 11 is 0. The van der Waals surface area contributed by atoms with Crippen molar-refractivity contribution >= 4 is 12.6 Å². The summed E-state index contributed by atoms with van der Waals surface area (Å²) in [4.78, 5) is 20.6. The number of carbonyl (C=O) groups excluding carboxylic acids is 2. The van der Waals surface area contributed by atoms with Gasteiger partial charge in [0.15, 0.2) is 0 Å². The highest BCUT2D eigenvalue weighted by molar-refractivity contribution is 5.52. The maximum atomic E-state index is 10.4. The van der Waals surface area contributed by atoms with Gasteiger partial charge in [-0.1, -0.05) is 63.6 Å². The lowest BCUT2D eigenvalue weighted by Crippen LogP contribution is -1.96. The van der Waals surface area contributed by atoms with Crippen molar-refractivity contribution in [1.29, 1.82) is 0 Å². The SMILES string of the molecule is CC(C)=CCCC(C)C=O.CC(C)c1cccc(C(C)CC=O)c1. The molecule has 2 nitrogen and oxygen atoms in total. The lowest BCUT2D eigenvalue weighted by Gasteiger charge is -2.11. The third-order valence-electron chi connectivity index (χ3n) is 4.00. The van der Waals surface area contributed by atoms with Crippen molar-refractivity contribution in [3.63, 3.8) is 0 Å². The molecule has 0 aromatic heterocycles. The van der Waals surface area contributed by atoms with Crippen LogP contribution in [0.5, 0.6) is 0 Å². The van der Waals surface area contributed by atoms with Crippen LogP contribution in [0.4, 0.5) is 0 Å². The molecule has 0 radical (unpaired) electrons. The fourth-order valence-corrected chi connectivity index (χ4v) is 2.21. The van der Waals surface area contributed by atoms with Crippen LogP contribution in [0.2, 0.25) is 0 Å². The monoisotopic (exact) mass is 330 g/mol. The summed E-state index contributed by atoms with van der Waals surface area (Å²) in [5.74, 6) is 1.11. The molecule has 24 heavy (non-hydrogen) atoms. The molecule has 2 heteroatoms. The van der Waals surface area contributed by atoms with Gasteiger partial charge in [0.25, 0.3) is 0 Å². The van der Waals surface area contributed by atoms with Gasteiger partial charge in [0.1, 0.15) is 12.6 Å². The zero-order valence-electron chi connectivity index (χ0n) is 16.2. The highest BCUT2D eigenvalue weighted by Crippen LogP contribution is 2.22. The maximum Gasteiger partial charge on any atom is 0.122 e. The molecule has 0 fully saturated rings. The van der Waals surface area contributed by atoms with Gasteiger partial charge in [0, 0.05) is 12.3 Å². The molecule has 2 atom stereocenters. The van der Waals surface area contributed by atoms with Crippen LogP contribution in [0.3, 0.4) is 0 Å². The van der Waals surface area contributed by atoms with Gasteiger partial charge in [-0.25, -0.2) is 0 Å². The molecule has 2 unspecified atom stereocenters. The summed E-state index contributed by atoms with van der Waals surface area (Å²) in [5, 5.41) is 0. The summed E-state index contributed by atoms with van der Waals surface area (Å²) in [6.45, 7) is 12.6. The van der Waals surface area contributed by atoms with Crippen LogP contribution >= 0.6 is 0 Å². The minimum Gasteiger partial charge on any atom is -0.303 e. The minimum atomic E-state index is 0.218. The second-order valence-electron chi connectivity index (χ2n) is 7.10. The Morgan fingerprint density at radius 2 is 1.67 bits per heavy atom. The Kier molecular flexibility index (Phi) is 11.8. The van der Waals surface area contributed by atoms with Gasteiger partial charge in [0.2, 0.25) is 0 Å². The van der Waals surface area contributed by atoms with Gasteiger partial charge in [-0.05, 0) is 49.7 Å². The molecule has 0 heterocycles. The van der Waals surface area contributed by atoms with Crippen molar-refractivity contribution in [3.8, 4) is 0 Å². The molecule has 1 aromatic rings. The topological polar surface area (TPSA) is 34.1 Å². The number of allylic oxidation sites excluding steroid dienone is 2. The summed E-state index contributed by atoms with van der Waals surface area (Å²) in [6, 6.07) is 8.52. The van der Waals surface area contributed by atoms with Crippen molar-refractivity contribution in [2.45, 2.75) is 72.6 Å². The summed E-state index contributed by atoms with van der Waals surface area (Å²) in [5.41, 5.74) is 3.95. The van der Waals surface area contributed by atoms with Crippen LogP contribution in [0, 0.1) is 5.92 Å². The Balaban J connectivity index is 0.000000470. The molecule has 134 valence electrons. The Bertz CT molecular complexity index is 510. The number of benzene rings is 1. The summed E-state index contributed by atoms with van der Waals surface area (Å²) < 4.78 is 0. The number of rotatable bonds is 8. The first-order chi connectivity index (χ1) is 11.3. The largest absolute Gasteiger partial charge is 0.303 e. The van der Waals surface area contributed by atoms with Gasteiger partial charge in [-0.3, -0.25) is 0 Å². The van der Waals surface area contributed by atoms with Crippen molar-refractivity contribution in [3.05, 3.63) is 47.0 Å². The molecule has 0 N–H and O–H groups in total. The molecule has 0 aliphatic rings. The average molecular weight is 331 g/mol. The first-order valence-corrected chi connectivity index (χ1v) is 8.93. The lowest BCUT2D eigenvalue weighted by molar-refractivity contribution is -0.111. The second-order valence-corrected chi connectivity index (χ2v) is 7.10. The molecule has 0 aliphatic heterocycles. The van der Waals surface area contributed by atoms with E-state index in [1.807, 2.05) is 6.92 Å². The molecule has 0 spiro atoms. The predicted molar refractivity (Wildman–Crippen MR) is 104 cm³/mol. The lowest BCUT2D eigenvalue weighted by atomic mass is 9.93. The van der Waals surface area contributed by atoms with Crippen LogP contribution in [-0.4, -0.2) is 12.6 Å². The third-order valence-corrected chi connectivity index (χ3v) is 4.00. The van der Waals surface area contributed by atoms with E-state index in [0.717, 1.165) is 25.4 Å². The summed E-state index contributed by atoms with van der Waals surface area (Å²) in [7, 11) is 0. The zero-order chi connectivity index (χ0) is 18.5. The van der Waals surface area contributed by atoms with Crippen LogP contribution in [-0.2, 0) is 9.59 Å². The van der Waals surface area contributed by atoms with Crippen LogP contribution in [0.25, 0.3) is 0 Å². The van der Waals surface area contributed by atoms with Crippen LogP contribution in [0.15, 0.2) is 35.9 Å². The fourth-order valence-electron chi connectivity index (χ4n) is 2.21. The minimum absolute atomic E-state index is 0.218. The van der Waals surface area contributed by atoms with E-state index in [4.69, 9.17) is 0 Å². The number of hydrogen-bond donors (Lipinski definition) is 0. The van der Waals surface area contributed by atoms with E-state index >= 15 is 0 Å². The standard InChI is InChI=1S/C13H18O.C9H16O/c1-10(2)12-5-4-6-13(9-12)11(3)7-8-14;1-8(2)5-4-6-9(3)7-10/h4-6,8-11H,7H2,1-3H3;5,7,9H,4,6H2,1-3H3. The maximum absolute atomic E-state index is 10.4. The van der Waals surface area contributed by atoms with Gasteiger partial charge >= 0.3 is 0 Å². The van der Waals surface area contributed by atoms with E-state index in [2.05, 4.69) is 65.0 Å². The molecule has 0 saturated heterocycles. The van der Waals surface area contributed by atoms with E-state index in [1.54, 1.807) is 0 Å². The van der Waals surface area contributed by atoms with Crippen molar-refractivity contribution in [2.24, 2.45) is 5.92 Å². The smallest absolute Gasteiger partial charge is 0.122 e. The number of hydrogen-bond acceptors (Lipinski definition) is 2. The predicted octanol–water partition coefficient (Wildman–Crippen LogP) is 6.07. The second kappa shape index (κ2) is 12.7. The third kappa shape index (κ3) is 10.1. The van der Waals surface area contributed by atoms with E-state index in [0.29, 0.717) is 18.3 Å². The molecule has 0 amide bonds. The van der Waals surface area contributed by atoms with Gasteiger partial charge in [-0.15, -0.1) is 0 Å². The van der Waals surface area contributed by atoms with E-state index in [9.17, 15) is 9.59 Å². The first-order valence-electron chi connectivity index (χ1n) is 8.93.